The first-order valence-corrected chi connectivity index (χ1v) is 10.7. The Morgan fingerprint density at radius 1 is 1.07 bits per heavy atom. The van der Waals surface area contributed by atoms with Crippen LogP contribution < -0.4 is 9.46 Å². The SMILES string of the molecule is O=S(=O)(NCCOc1ccc2nnc(-c3cccc(F)c3)n2n1)c1ccccc1Cl. The fourth-order valence-electron chi connectivity index (χ4n) is 2.73. The molecule has 0 amide bonds. The third-order valence-electron chi connectivity index (χ3n) is 4.09. The van der Waals surface area contributed by atoms with Crippen LogP contribution in [0.25, 0.3) is 17.0 Å². The number of rotatable bonds is 7. The average molecular weight is 448 g/mol. The number of hydrogen-bond donors (Lipinski definition) is 1. The normalized spacial score (nSPS) is 11.7. The molecule has 0 saturated carbocycles. The van der Waals surface area contributed by atoms with Gasteiger partial charge in [-0.25, -0.2) is 17.5 Å². The lowest BCUT2D eigenvalue weighted by Crippen LogP contribution is -2.28. The van der Waals surface area contributed by atoms with Crippen LogP contribution in [0.1, 0.15) is 0 Å². The molecule has 0 bridgehead atoms. The second-order valence-electron chi connectivity index (χ2n) is 6.15. The topological polar surface area (TPSA) is 98.5 Å². The van der Waals surface area contributed by atoms with Crippen molar-refractivity contribution in [2.45, 2.75) is 4.90 Å². The standard InChI is InChI=1S/C19H15ClFN5O3S/c20-15-6-1-2-7-16(15)30(27,28)22-10-11-29-18-9-8-17-23-24-19(26(17)25-18)13-4-3-5-14(21)12-13/h1-9,12,22H,10-11H2. The minimum absolute atomic E-state index is 0.00423. The quantitative estimate of drug-likeness (QED) is 0.437. The number of ether oxygens (including phenoxy) is 1. The predicted octanol–water partition coefficient (Wildman–Crippen LogP) is 2.94. The molecule has 2 aromatic carbocycles. The molecular weight excluding hydrogens is 433 g/mol. The lowest BCUT2D eigenvalue weighted by Gasteiger charge is -2.09. The van der Waals surface area contributed by atoms with E-state index in [0.29, 0.717) is 17.0 Å². The van der Waals surface area contributed by atoms with Gasteiger partial charge in [0.15, 0.2) is 11.5 Å². The molecule has 0 fully saturated rings. The Labute approximate surface area is 176 Å². The molecule has 30 heavy (non-hydrogen) atoms. The molecule has 0 spiro atoms. The van der Waals surface area contributed by atoms with Crippen LogP contribution >= 0.6 is 11.6 Å². The van der Waals surface area contributed by atoms with Gasteiger partial charge in [0, 0.05) is 18.2 Å². The molecule has 4 aromatic rings. The summed E-state index contributed by atoms with van der Waals surface area (Å²) in [5, 5.41) is 12.5. The fraction of sp³-hybridized carbons (Fsp3) is 0.105. The number of aromatic nitrogens is 4. The van der Waals surface area contributed by atoms with Gasteiger partial charge in [-0.2, -0.15) is 4.52 Å². The second kappa shape index (κ2) is 8.34. The molecule has 1 N–H and O–H groups in total. The maximum atomic E-state index is 13.5. The zero-order valence-corrected chi connectivity index (χ0v) is 16.9. The molecule has 0 unspecified atom stereocenters. The number of benzene rings is 2. The lowest BCUT2D eigenvalue weighted by molar-refractivity contribution is 0.306. The van der Waals surface area contributed by atoms with Gasteiger partial charge < -0.3 is 4.74 Å². The molecule has 0 aliphatic carbocycles. The van der Waals surface area contributed by atoms with Crippen molar-refractivity contribution in [2.75, 3.05) is 13.2 Å². The highest BCUT2D eigenvalue weighted by molar-refractivity contribution is 7.89. The molecule has 0 aliphatic rings. The predicted molar refractivity (Wildman–Crippen MR) is 108 cm³/mol. The van der Waals surface area contributed by atoms with Crippen molar-refractivity contribution in [2.24, 2.45) is 0 Å². The number of hydrogen-bond acceptors (Lipinski definition) is 6. The highest BCUT2D eigenvalue weighted by atomic mass is 35.5. The van der Waals surface area contributed by atoms with Crippen LogP contribution in [0.5, 0.6) is 5.88 Å². The maximum Gasteiger partial charge on any atom is 0.242 e. The van der Waals surface area contributed by atoms with Gasteiger partial charge in [0.2, 0.25) is 15.9 Å². The van der Waals surface area contributed by atoms with Crippen LogP contribution in [0.3, 0.4) is 0 Å². The van der Waals surface area contributed by atoms with Gasteiger partial charge in [-0.3, -0.25) is 0 Å². The monoisotopic (exact) mass is 447 g/mol. The van der Waals surface area contributed by atoms with E-state index in [4.69, 9.17) is 16.3 Å². The molecule has 4 rings (SSSR count). The largest absolute Gasteiger partial charge is 0.475 e. The number of nitrogens with zero attached hydrogens (tertiary/aromatic N) is 4. The number of nitrogens with one attached hydrogen (secondary N) is 1. The second-order valence-corrected chi connectivity index (χ2v) is 8.29. The highest BCUT2D eigenvalue weighted by Gasteiger charge is 2.17. The summed E-state index contributed by atoms with van der Waals surface area (Å²) in [6.45, 7) is 0.0336. The minimum Gasteiger partial charge on any atom is -0.475 e. The van der Waals surface area contributed by atoms with Crippen LogP contribution in [-0.4, -0.2) is 41.4 Å². The van der Waals surface area contributed by atoms with Gasteiger partial charge >= 0.3 is 0 Å². The molecule has 8 nitrogen and oxygen atoms in total. The Kier molecular flexibility index (Phi) is 5.62. The first kappa shape index (κ1) is 20.2. The molecule has 11 heteroatoms. The van der Waals surface area contributed by atoms with Crippen LogP contribution in [0.15, 0.2) is 65.6 Å². The third kappa shape index (κ3) is 4.25. The summed E-state index contributed by atoms with van der Waals surface area (Å²) in [5.41, 5.74) is 0.973. The zero-order chi connectivity index (χ0) is 21.1. The maximum absolute atomic E-state index is 13.5. The fourth-order valence-corrected chi connectivity index (χ4v) is 4.26. The van der Waals surface area contributed by atoms with Crippen LogP contribution in [0, 0.1) is 5.82 Å². The summed E-state index contributed by atoms with van der Waals surface area (Å²) >= 11 is 5.94. The summed E-state index contributed by atoms with van der Waals surface area (Å²) in [6, 6.07) is 15.3. The molecule has 0 aliphatic heterocycles. The van der Waals surface area contributed by atoms with Crippen molar-refractivity contribution >= 4 is 27.3 Å². The van der Waals surface area contributed by atoms with Gasteiger partial charge in [0.1, 0.15) is 17.3 Å². The smallest absolute Gasteiger partial charge is 0.242 e. The van der Waals surface area contributed by atoms with E-state index in [9.17, 15) is 12.8 Å². The van der Waals surface area contributed by atoms with Gasteiger partial charge in [-0.05, 0) is 30.3 Å². The Hall–Kier alpha value is -3.08. The van der Waals surface area contributed by atoms with Crippen molar-refractivity contribution in [1.82, 2.24) is 24.5 Å². The summed E-state index contributed by atoms with van der Waals surface area (Å²) in [4.78, 5) is -0.00423. The van der Waals surface area contributed by atoms with Crippen molar-refractivity contribution in [3.05, 3.63) is 71.5 Å². The van der Waals surface area contributed by atoms with Crippen LogP contribution in [-0.2, 0) is 10.0 Å². The highest BCUT2D eigenvalue weighted by Crippen LogP contribution is 2.21. The molecule has 154 valence electrons. The first-order valence-electron chi connectivity index (χ1n) is 8.79. The first-order chi connectivity index (χ1) is 14.4. The van der Waals surface area contributed by atoms with Crippen LogP contribution in [0.2, 0.25) is 5.02 Å². The summed E-state index contributed by atoms with van der Waals surface area (Å²) in [7, 11) is -3.76. The van der Waals surface area contributed by atoms with Gasteiger partial charge in [0.25, 0.3) is 0 Å². The van der Waals surface area contributed by atoms with Crippen molar-refractivity contribution < 1.29 is 17.5 Å². The van der Waals surface area contributed by atoms with E-state index in [2.05, 4.69) is 20.0 Å². The van der Waals surface area contributed by atoms with E-state index in [1.54, 1.807) is 36.4 Å². The van der Waals surface area contributed by atoms with Gasteiger partial charge in [-0.15, -0.1) is 15.3 Å². The van der Waals surface area contributed by atoms with Crippen molar-refractivity contribution in [3.8, 4) is 17.3 Å². The minimum atomic E-state index is -3.76. The van der Waals surface area contributed by atoms with Crippen LogP contribution in [0.4, 0.5) is 4.39 Å². The third-order valence-corrected chi connectivity index (χ3v) is 6.05. The lowest BCUT2D eigenvalue weighted by atomic mass is 10.2. The molecule has 0 saturated heterocycles. The molecule has 2 aromatic heterocycles. The van der Waals surface area contributed by atoms with Gasteiger partial charge in [-0.1, -0.05) is 35.9 Å². The Morgan fingerprint density at radius 2 is 1.90 bits per heavy atom. The Morgan fingerprint density at radius 3 is 2.70 bits per heavy atom. The van der Waals surface area contributed by atoms with E-state index in [0.717, 1.165) is 0 Å². The molecule has 0 atom stereocenters. The number of fused-ring (bicyclic) bond motifs is 1. The van der Waals surface area contributed by atoms with Crippen molar-refractivity contribution in [1.29, 1.82) is 0 Å². The van der Waals surface area contributed by atoms with E-state index in [1.165, 1.54) is 28.8 Å². The van der Waals surface area contributed by atoms with E-state index >= 15 is 0 Å². The Balaban J connectivity index is 1.45. The van der Waals surface area contributed by atoms with Crippen molar-refractivity contribution in [3.63, 3.8) is 0 Å². The van der Waals surface area contributed by atoms with E-state index < -0.39 is 15.8 Å². The zero-order valence-electron chi connectivity index (χ0n) is 15.4. The molecule has 0 radical (unpaired) electrons. The average Bonchev–Trinajstić information content (AvgIpc) is 3.15. The summed E-state index contributed by atoms with van der Waals surface area (Å²) in [6.07, 6.45) is 0. The summed E-state index contributed by atoms with van der Waals surface area (Å²) < 4.78 is 47.5. The number of sulfonamides is 1. The number of halogens is 2. The van der Waals surface area contributed by atoms with E-state index in [1.807, 2.05) is 0 Å². The molecule has 2 heterocycles. The van der Waals surface area contributed by atoms with Gasteiger partial charge in [0.05, 0.1) is 5.02 Å². The summed E-state index contributed by atoms with van der Waals surface area (Å²) in [5.74, 6) is 0.189. The Bertz CT molecular complexity index is 1310. The van der Waals surface area contributed by atoms with E-state index in [-0.39, 0.29) is 28.9 Å². The molecular formula is C19H15ClFN5O3S.